The molecule has 2 N–H and O–H groups in total. The maximum absolute atomic E-state index is 13.4. The lowest BCUT2D eigenvalue weighted by molar-refractivity contribution is -0.122. The molecule has 29 heavy (non-hydrogen) atoms. The topological polar surface area (TPSA) is 75.3 Å². The average Bonchev–Trinajstić information content (AvgIpc) is 2.67. The first-order chi connectivity index (χ1) is 13.6. The fourth-order valence-corrected chi connectivity index (χ4v) is 5.01. The highest BCUT2D eigenvalue weighted by Gasteiger charge is 2.27. The standard InChI is InChI=1S/C19H21Cl2FN2O3S2/c1-12-9-13(3-6-16(12)22)11-23-19(25)17(7-8-28-2)24-29(26,27)18-10-14(20)4-5-15(18)21/h3-6,9-10,17,24H,7-8,11H2,1-2H3,(H,23,25). The number of hydrogen-bond donors (Lipinski definition) is 2. The van der Waals surface area contributed by atoms with Gasteiger partial charge in [-0.2, -0.15) is 16.5 Å². The van der Waals surface area contributed by atoms with E-state index in [1.807, 2.05) is 6.26 Å². The molecular formula is C19H21Cl2FN2O3S2. The lowest BCUT2D eigenvalue weighted by Gasteiger charge is -2.19. The zero-order chi connectivity index (χ0) is 21.6. The van der Waals surface area contributed by atoms with E-state index >= 15 is 0 Å². The number of aryl methyl sites for hydroxylation is 1. The first-order valence-electron chi connectivity index (χ1n) is 8.63. The van der Waals surface area contributed by atoms with Gasteiger partial charge in [0.15, 0.2) is 0 Å². The number of hydrogen-bond acceptors (Lipinski definition) is 4. The second-order valence-electron chi connectivity index (χ2n) is 6.33. The molecule has 0 aliphatic heterocycles. The van der Waals surface area contributed by atoms with Crippen molar-refractivity contribution in [3.63, 3.8) is 0 Å². The van der Waals surface area contributed by atoms with Gasteiger partial charge in [0, 0.05) is 11.6 Å². The first-order valence-corrected chi connectivity index (χ1v) is 12.3. The Balaban J connectivity index is 2.15. The Kier molecular flexibility index (Phi) is 8.78. The van der Waals surface area contributed by atoms with Crippen molar-refractivity contribution in [3.8, 4) is 0 Å². The molecule has 1 atom stereocenters. The quantitative estimate of drug-likeness (QED) is 0.567. The smallest absolute Gasteiger partial charge is 0.242 e. The zero-order valence-corrected chi connectivity index (χ0v) is 19.0. The molecular weight excluding hydrogens is 458 g/mol. The van der Waals surface area contributed by atoms with Crippen molar-refractivity contribution in [2.75, 3.05) is 12.0 Å². The summed E-state index contributed by atoms with van der Waals surface area (Å²) >= 11 is 13.4. The Morgan fingerprint density at radius 2 is 1.93 bits per heavy atom. The van der Waals surface area contributed by atoms with Gasteiger partial charge >= 0.3 is 0 Å². The van der Waals surface area contributed by atoms with E-state index in [1.54, 1.807) is 19.1 Å². The highest BCUT2D eigenvalue weighted by molar-refractivity contribution is 7.98. The van der Waals surface area contributed by atoms with Crippen LogP contribution in [0, 0.1) is 12.7 Å². The maximum atomic E-state index is 13.4. The van der Waals surface area contributed by atoms with Gasteiger partial charge in [-0.3, -0.25) is 4.79 Å². The Bertz CT molecular complexity index is 987. The van der Waals surface area contributed by atoms with Crippen LogP contribution in [0.1, 0.15) is 17.5 Å². The monoisotopic (exact) mass is 478 g/mol. The van der Waals surface area contributed by atoms with Crippen molar-refractivity contribution in [1.29, 1.82) is 0 Å². The summed E-state index contributed by atoms with van der Waals surface area (Å²) in [6.45, 7) is 1.78. The SMILES string of the molecule is CSCCC(NS(=O)(=O)c1cc(Cl)ccc1Cl)C(=O)NCc1ccc(F)c(C)c1. The minimum atomic E-state index is -4.07. The molecule has 2 rings (SSSR count). The molecule has 1 amide bonds. The normalized spacial score (nSPS) is 12.6. The van der Waals surface area contributed by atoms with Crippen molar-refractivity contribution in [1.82, 2.24) is 10.0 Å². The Labute approximate surface area is 184 Å². The predicted molar refractivity (Wildman–Crippen MR) is 117 cm³/mol. The third-order valence-electron chi connectivity index (χ3n) is 4.10. The summed E-state index contributed by atoms with van der Waals surface area (Å²) < 4.78 is 41.3. The molecule has 0 spiro atoms. The Hall–Kier alpha value is -1.32. The van der Waals surface area contributed by atoms with E-state index in [9.17, 15) is 17.6 Å². The van der Waals surface area contributed by atoms with Gasteiger partial charge in [-0.15, -0.1) is 0 Å². The van der Waals surface area contributed by atoms with Gasteiger partial charge < -0.3 is 5.32 Å². The van der Waals surface area contributed by atoms with Crippen LogP contribution in [0.5, 0.6) is 0 Å². The zero-order valence-electron chi connectivity index (χ0n) is 15.8. The molecule has 0 radical (unpaired) electrons. The van der Waals surface area contributed by atoms with Crippen LogP contribution in [-0.4, -0.2) is 32.4 Å². The molecule has 0 saturated heterocycles. The van der Waals surface area contributed by atoms with Gasteiger partial charge in [-0.1, -0.05) is 35.3 Å². The average molecular weight is 479 g/mol. The number of sulfonamides is 1. The lowest BCUT2D eigenvalue weighted by atomic mass is 10.1. The fraction of sp³-hybridized carbons (Fsp3) is 0.316. The molecule has 0 heterocycles. The second-order valence-corrected chi connectivity index (χ2v) is 9.84. The van der Waals surface area contributed by atoms with Crippen molar-refractivity contribution in [2.24, 2.45) is 0 Å². The van der Waals surface area contributed by atoms with E-state index in [-0.39, 0.29) is 33.7 Å². The van der Waals surface area contributed by atoms with E-state index in [4.69, 9.17) is 23.2 Å². The van der Waals surface area contributed by atoms with E-state index in [0.717, 1.165) is 0 Å². The minimum Gasteiger partial charge on any atom is -0.351 e. The van der Waals surface area contributed by atoms with E-state index in [2.05, 4.69) is 10.0 Å². The number of carbonyl (C=O) groups is 1. The molecule has 10 heteroatoms. The fourth-order valence-electron chi connectivity index (χ4n) is 2.54. The summed E-state index contributed by atoms with van der Waals surface area (Å²) in [5, 5.41) is 2.92. The molecule has 0 fully saturated rings. The van der Waals surface area contributed by atoms with Gasteiger partial charge in [0.05, 0.1) is 5.02 Å². The number of nitrogens with one attached hydrogen (secondary N) is 2. The van der Waals surface area contributed by atoms with Crippen molar-refractivity contribution < 1.29 is 17.6 Å². The summed E-state index contributed by atoms with van der Waals surface area (Å²) in [5.41, 5.74) is 1.17. The molecule has 158 valence electrons. The molecule has 0 saturated carbocycles. The van der Waals surface area contributed by atoms with Crippen molar-refractivity contribution >= 4 is 50.9 Å². The third kappa shape index (κ3) is 6.86. The molecule has 2 aromatic rings. The van der Waals surface area contributed by atoms with Crippen LogP contribution in [0.4, 0.5) is 4.39 Å². The third-order valence-corrected chi connectivity index (χ3v) is 6.93. The van der Waals surface area contributed by atoms with Crippen LogP contribution in [0.25, 0.3) is 0 Å². The largest absolute Gasteiger partial charge is 0.351 e. The predicted octanol–water partition coefficient (Wildman–Crippen LogP) is 4.16. The molecule has 0 aromatic heterocycles. The molecule has 2 aromatic carbocycles. The highest BCUT2D eigenvalue weighted by Crippen LogP contribution is 2.25. The van der Waals surface area contributed by atoms with E-state index in [1.165, 1.54) is 36.0 Å². The maximum Gasteiger partial charge on any atom is 0.242 e. The molecule has 5 nitrogen and oxygen atoms in total. The van der Waals surface area contributed by atoms with Gasteiger partial charge in [0.25, 0.3) is 0 Å². The number of amides is 1. The number of halogens is 3. The molecule has 0 aliphatic carbocycles. The van der Waals surface area contributed by atoms with Crippen LogP contribution < -0.4 is 10.0 Å². The highest BCUT2D eigenvalue weighted by atomic mass is 35.5. The molecule has 0 bridgehead atoms. The number of thioether (sulfide) groups is 1. The number of rotatable bonds is 9. The van der Waals surface area contributed by atoms with Gasteiger partial charge in [-0.05, 0) is 60.7 Å². The summed E-state index contributed by atoms with van der Waals surface area (Å²) in [4.78, 5) is 12.5. The Morgan fingerprint density at radius 3 is 2.59 bits per heavy atom. The molecule has 1 unspecified atom stereocenters. The van der Waals surface area contributed by atoms with Gasteiger partial charge in [-0.25, -0.2) is 12.8 Å². The van der Waals surface area contributed by atoms with Gasteiger partial charge in [0.1, 0.15) is 16.8 Å². The van der Waals surface area contributed by atoms with Crippen molar-refractivity contribution in [3.05, 3.63) is 63.4 Å². The van der Waals surface area contributed by atoms with Gasteiger partial charge in [0.2, 0.25) is 15.9 Å². The van der Waals surface area contributed by atoms with Crippen LogP contribution >= 0.6 is 35.0 Å². The second kappa shape index (κ2) is 10.6. The lowest BCUT2D eigenvalue weighted by Crippen LogP contribution is -2.46. The minimum absolute atomic E-state index is 0.00714. The van der Waals surface area contributed by atoms with Crippen LogP contribution in [0.2, 0.25) is 10.0 Å². The number of benzene rings is 2. The summed E-state index contributed by atoms with van der Waals surface area (Å²) in [5.74, 6) is -0.244. The van der Waals surface area contributed by atoms with E-state index < -0.39 is 22.0 Å². The van der Waals surface area contributed by atoms with E-state index in [0.29, 0.717) is 16.9 Å². The first kappa shape index (κ1) is 24.0. The summed E-state index contributed by atoms with van der Waals surface area (Å²) in [6, 6.07) is 7.61. The van der Waals surface area contributed by atoms with Crippen LogP contribution in [-0.2, 0) is 21.4 Å². The number of carbonyl (C=O) groups excluding carboxylic acids is 1. The van der Waals surface area contributed by atoms with Crippen LogP contribution in [0.3, 0.4) is 0 Å². The summed E-state index contributed by atoms with van der Waals surface area (Å²) in [6.07, 6.45) is 2.14. The molecule has 0 aliphatic rings. The summed E-state index contributed by atoms with van der Waals surface area (Å²) in [7, 11) is -4.07. The van der Waals surface area contributed by atoms with Crippen LogP contribution in [0.15, 0.2) is 41.3 Å². The Morgan fingerprint density at radius 1 is 1.21 bits per heavy atom. The van der Waals surface area contributed by atoms with Crippen molar-refractivity contribution in [2.45, 2.75) is 30.8 Å².